The fourth-order valence-electron chi connectivity index (χ4n) is 2.50. The molecule has 1 saturated heterocycles. The summed E-state index contributed by atoms with van der Waals surface area (Å²) in [5.74, 6) is 0.290. The van der Waals surface area contributed by atoms with E-state index < -0.39 is 0 Å². The van der Waals surface area contributed by atoms with E-state index in [1.807, 2.05) is 31.2 Å². The maximum Gasteiger partial charge on any atom is 0.241 e. The average molecular weight is 277 g/mol. The van der Waals surface area contributed by atoms with E-state index in [-0.39, 0.29) is 18.6 Å². The molecule has 2 unspecified atom stereocenters. The maximum absolute atomic E-state index is 12.2. The van der Waals surface area contributed by atoms with Crippen molar-refractivity contribution in [2.45, 2.75) is 25.9 Å². The number of carbonyl (C=O) groups is 1. The van der Waals surface area contributed by atoms with Crippen molar-refractivity contribution in [3.63, 3.8) is 0 Å². The van der Waals surface area contributed by atoms with Crippen LogP contribution in [0.25, 0.3) is 0 Å². The molecular weight excluding hydrogens is 254 g/mol. The Morgan fingerprint density at radius 2 is 2.20 bits per heavy atom. The number of nitrogens with zero attached hydrogens (tertiary/aromatic N) is 1. The number of aliphatic hydroxyl groups is 1. The number of amides is 1. The van der Waals surface area contributed by atoms with Gasteiger partial charge in [0.2, 0.25) is 5.91 Å². The normalized spacial score (nSPS) is 20.9. The minimum absolute atomic E-state index is 0.0101. The minimum Gasteiger partial charge on any atom is -0.396 e. The van der Waals surface area contributed by atoms with Crippen LogP contribution in [0.3, 0.4) is 0 Å². The van der Waals surface area contributed by atoms with Crippen LogP contribution in [0.5, 0.6) is 0 Å². The van der Waals surface area contributed by atoms with E-state index in [0.717, 1.165) is 30.8 Å². The van der Waals surface area contributed by atoms with E-state index in [0.29, 0.717) is 12.5 Å². The van der Waals surface area contributed by atoms with E-state index >= 15 is 0 Å². The highest BCUT2D eigenvalue weighted by molar-refractivity contribution is 5.94. The van der Waals surface area contributed by atoms with Gasteiger partial charge in [-0.25, -0.2) is 0 Å². The molecule has 0 aliphatic carbocycles. The number of carbonyl (C=O) groups excluding carboxylic acids is 1. The van der Waals surface area contributed by atoms with Gasteiger partial charge in [0, 0.05) is 25.4 Å². The highest BCUT2D eigenvalue weighted by Gasteiger charge is 2.29. The first-order valence-corrected chi connectivity index (χ1v) is 7.08. The molecule has 2 atom stereocenters. The predicted molar refractivity (Wildman–Crippen MR) is 79.2 cm³/mol. The summed E-state index contributed by atoms with van der Waals surface area (Å²) in [6.07, 6.45) is 0.958. The van der Waals surface area contributed by atoms with Gasteiger partial charge >= 0.3 is 0 Å². The number of hydrogen-bond acceptors (Lipinski definition) is 4. The Morgan fingerprint density at radius 3 is 2.75 bits per heavy atom. The van der Waals surface area contributed by atoms with E-state index in [1.54, 1.807) is 0 Å². The SMILES string of the molecule is CC(C(=O)Nc1ccc(CN)cc1)N1CCC(CO)C1. The predicted octanol–water partition coefficient (Wildman–Crippen LogP) is 0.786. The van der Waals surface area contributed by atoms with Gasteiger partial charge in [-0.2, -0.15) is 0 Å². The molecule has 4 N–H and O–H groups in total. The molecular formula is C15H23N3O2. The van der Waals surface area contributed by atoms with Crippen LogP contribution in [-0.2, 0) is 11.3 Å². The van der Waals surface area contributed by atoms with Crippen LogP contribution in [-0.4, -0.2) is 41.7 Å². The average Bonchev–Trinajstić information content (AvgIpc) is 2.96. The summed E-state index contributed by atoms with van der Waals surface area (Å²) in [6.45, 7) is 4.26. The van der Waals surface area contributed by atoms with E-state index in [9.17, 15) is 4.79 Å². The van der Waals surface area contributed by atoms with Crippen molar-refractivity contribution in [1.82, 2.24) is 4.90 Å². The molecule has 0 aromatic heterocycles. The monoisotopic (exact) mass is 277 g/mol. The van der Waals surface area contributed by atoms with Gasteiger partial charge in [0.15, 0.2) is 0 Å². The third-order valence-electron chi connectivity index (χ3n) is 3.96. The molecule has 0 radical (unpaired) electrons. The largest absolute Gasteiger partial charge is 0.396 e. The van der Waals surface area contributed by atoms with Gasteiger partial charge in [-0.1, -0.05) is 12.1 Å². The van der Waals surface area contributed by atoms with Crippen LogP contribution < -0.4 is 11.1 Å². The molecule has 1 aliphatic rings. The zero-order chi connectivity index (χ0) is 14.5. The molecule has 1 aromatic rings. The lowest BCUT2D eigenvalue weighted by Crippen LogP contribution is -2.40. The van der Waals surface area contributed by atoms with Gasteiger partial charge in [-0.05, 0) is 43.5 Å². The Hall–Kier alpha value is -1.43. The Labute approximate surface area is 119 Å². The fraction of sp³-hybridized carbons (Fsp3) is 0.533. The summed E-state index contributed by atoms with van der Waals surface area (Å²) in [7, 11) is 0. The van der Waals surface area contributed by atoms with Crippen LogP contribution >= 0.6 is 0 Å². The summed E-state index contributed by atoms with van der Waals surface area (Å²) in [5.41, 5.74) is 7.38. The number of rotatable bonds is 5. The number of nitrogens with two attached hydrogens (primary N) is 1. The number of likely N-dealkylation sites (tertiary alicyclic amines) is 1. The first kappa shape index (κ1) is 15.0. The first-order valence-electron chi connectivity index (χ1n) is 7.08. The van der Waals surface area contributed by atoms with Gasteiger partial charge in [-0.3, -0.25) is 9.69 Å². The molecule has 0 bridgehead atoms. The van der Waals surface area contributed by atoms with Gasteiger partial charge in [-0.15, -0.1) is 0 Å². The first-order chi connectivity index (χ1) is 9.63. The summed E-state index contributed by atoms with van der Waals surface area (Å²) >= 11 is 0. The van der Waals surface area contributed by atoms with Crippen molar-refractivity contribution in [1.29, 1.82) is 0 Å². The molecule has 5 heteroatoms. The van der Waals surface area contributed by atoms with Gasteiger partial charge < -0.3 is 16.2 Å². The van der Waals surface area contributed by atoms with Gasteiger partial charge in [0.25, 0.3) is 0 Å². The summed E-state index contributed by atoms with van der Waals surface area (Å²) in [4.78, 5) is 14.3. The molecule has 1 amide bonds. The van der Waals surface area contributed by atoms with Gasteiger partial charge in [0.1, 0.15) is 0 Å². The summed E-state index contributed by atoms with van der Waals surface area (Å²) in [6, 6.07) is 7.39. The Balaban J connectivity index is 1.90. The Morgan fingerprint density at radius 1 is 1.50 bits per heavy atom. The van der Waals surface area contributed by atoms with Crippen LogP contribution in [0.15, 0.2) is 24.3 Å². The third kappa shape index (κ3) is 3.56. The van der Waals surface area contributed by atoms with E-state index in [1.165, 1.54) is 0 Å². The molecule has 5 nitrogen and oxygen atoms in total. The lowest BCUT2D eigenvalue weighted by molar-refractivity contribution is -0.120. The van der Waals surface area contributed by atoms with Crippen LogP contribution in [0.4, 0.5) is 5.69 Å². The highest BCUT2D eigenvalue weighted by atomic mass is 16.3. The lowest BCUT2D eigenvalue weighted by atomic mass is 10.1. The topological polar surface area (TPSA) is 78.6 Å². The number of hydrogen-bond donors (Lipinski definition) is 3. The molecule has 2 rings (SSSR count). The molecule has 1 fully saturated rings. The molecule has 1 aromatic carbocycles. The molecule has 110 valence electrons. The van der Waals surface area contributed by atoms with Crippen molar-refractivity contribution in [2.24, 2.45) is 11.7 Å². The van der Waals surface area contributed by atoms with Crippen LogP contribution in [0.1, 0.15) is 18.9 Å². The van der Waals surface area contributed by atoms with Gasteiger partial charge in [0.05, 0.1) is 6.04 Å². The Bertz CT molecular complexity index is 447. The minimum atomic E-state index is -0.180. The second-order valence-electron chi connectivity index (χ2n) is 5.40. The van der Waals surface area contributed by atoms with Crippen LogP contribution in [0.2, 0.25) is 0 Å². The van der Waals surface area contributed by atoms with Crippen molar-refractivity contribution >= 4 is 11.6 Å². The number of aliphatic hydroxyl groups excluding tert-OH is 1. The van der Waals surface area contributed by atoms with Crippen molar-refractivity contribution < 1.29 is 9.90 Å². The third-order valence-corrected chi connectivity index (χ3v) is 3.96. The second-order valence-corrected chi connectivity index (χ2v) is 5.40. The smallest absolute Gasteiger partial charge is 0.241 e. The molecule has 0 spiro atoms. The van der Waals surface area contributed by atoms with Crippen molar-refractivity contribution in [3.8, 4) is 0 Å². The zero-order valence-electron chi connectivity index (χ0n) is 11.9. The zero-order valence-corrected chi connectivity index (χ0v) is 11.9. The molecule has 1 heterocycles. The number of benzene rings is 1. The molecule has 20 heavy (non-hydrogen) atoms. The molecule has 0 saturated carbocycles. The summed E-state index contributed by atoms with van der Waals surface area (Å²) in [5, 5.41) is 12.1. The highest BCUT2D eigenvalue weighted by Crippen LogP contribution is 2.19. The standard InChI is InChI=1S/C15H23N3O2/c1-11(18-7-6-13(9-18)10-19)15(20)17-14-4-2-12(8-16)3-5-14/h2-5,11,13,19H,6-10,16H2,1H3,(H,17,20). The maximum atomic E-state index is 12.2. The quantitative estimate of drug-likeness (QED) is 0.743. The lowest BCUT2D eigenvalue weighted by Gasteiger charge is -2.23. The number of anilines is 1. The second kappa shape index (κ2) is 6.83. The van der Waals surface area contributed by atoms with E-state index in [4.69, 9.17) is 10.8 Å². The van der Waals surface area contributed by atoms with E-state index in [2.05, 4.69) is 10.2 Å². The summed E-state index contributed by atoms with van der Waals surface area (Å²) < 4.78 is 0. The van der Waals surface area contributed by atoms with Crippen LogP contribution in [0, 0.1) is 5.92 Å². The van der Waals surface area contributed by atoms with Crippen molar-refractivity contribution in [3.05, 3.63) is 29.8 Å². The molecule has 1 aliphatic heterocycles. The fourth-order valence-corrected chi connectivity index (χ4v) is 2.50. The Kier molecular flexibility index (Phi) is 5.11. The number of nitrogens with one attached hydrogen (secondary N) is 1. The van der Waals surface area contributed by atoms with Crippen molar-refractivity contribution in [2.75, 3.05) is 25.0 Å².